The third-order valence-electron chi connectivity index (χ3n) is 6.53. The molecule has 3 amide bonds. The Morgan fingerprint density at radius 1 is 0.976 bits per heavy atom. The van der Waals surface area contributed by atoms with Crippen LogP contribution in [0.25, 0.3) is 10.8 Å². The highest BCUT2D eigenvalue weighted by molar-refractivity contribution is 6.00. The van der Waals surface area contributed by atoms with Crippen molar-refractivity contribution in [3.05, 3.63) is 77.4 Å². The number of hydrogen-bond acceptors (Lipinski definition) is 5. The molecule has 3 aromatic carbocycles. The number of nitrogens with one attached hydrogen (secondary N) is 2. The smallest absolute Gasteiger partial charge is 0.408 e. The number of rotatable bonds is 9. The van der Waals surface area contributed by atoms with Crippen LogP contribution in [0.2, 0.25) is 0 Å². The average molecular weight is 557 g/mol. The van der Waals surface area contributed by atoms with Crippen molar-refractivity contribution in [2.75, 3.05) is 11.9 Å². The number of fused-ring (bicyclic) bond motifs is 1. The van der Waals surface area contributed by atoms with Crippen molar-refractivity contribution < 1.29 is 19.1 Å². The summed E-state index contributed by atoms with van der Waals surface area (Å²) in [6, 6.07) is 19.0. The summed E-state index contributed by atoms with van der Waals surface area (Å²) in [5.74, 6) is -0.961. The number of anilines is 1. The Morgan fingerprint density at radius 2 is 1.66 bits per heavy atom. The van der Waals surface area contributed by atoms with Gasteiger partial charge in [0.05, 0.1) is 6.07 Å². The molecule has 0 aliphatic heterocycles. The lowest BCUT2D eigenvalue weighted by atomic mass is 9.95. The Balaban J connectivity index is 2.05. The predicted octanol–water partition coefficient (Wildman–Crippen LogP) is 6.43. The van der Waals surface area contributed by atoms with Crippen molar-refractivity contribution in [1.29, 1.82) is 5.26 Å². The fourth-order valence-corrected chi connectivity index (χ4v) is 4.70. The number of aryl methyl sites for hydroxylation is 2. The molecule has 8 nitrogen and oxygen atoms in total. The highest BCUT2D eigenvalue weighted by Crippen LogP contribution is 2.29. The second-order valence-electron chi connectivity index (χ2n) is 11.8. The largest absolute Gasteiger partial charge is 0.444 e. The molecule has 8 heteroatoms. The van der Waals surface area contributed by atoms with Crippen LogP contribution < -0.4 is 10.6 Å². The summed E-state index contributed by atoms with van der Waals surface area (Å²) in [5.41, 5.74) is 2.11. The van der Waals surface area contributed by atoms with Gasteiger partial charge in [0, 0.05) is 5.69 Å². The molecular formula is C33H40N4O4. The van der Waals surface area contributed by atoms with Gasteiger partial charge in [0.25, 0.3) is 5.91 Å². The molecule has 3 aromatic rings. The van der Waals surface area contributed by atoms with Crippen molar-refractivity contribution in [2.45, 2.75) is 72.6 Å². The fourth-order valence-electron chi connectivity index (χ4n) is 4.70. The number of nitriles is 1. The Kier molecular flexibility index (Phi) is 10.1. The molecule has 0 aliphatic carbocycles. The summed E-state index contributed by atoms with van der Waals surface area (Å²) >= 11 is 0. The molecule has 2 unspecified atom stereocenters. The SMILES string of the molecule is Cc1ccc(C)c(C(C(=O)Nc2ccc3ccccc3c2)N(CC#N)C(=O)C(CC(C)C)NC(=O)OC(C)(C)C)c1. The van der Waals surface area contributed by atoms with Crippen LogP contribution in [-0.2, 0) is 14.3 Å². The normalized spacial score (nSPS) is 12.8. The van der Waals surface area contributed by atoms with Gasteiger partial charge < -0.3 is 20.3 Å². The molecule has 0 radical (unpaired) electrons. The molecule has 3 rings (SSSR count). The van der Waals surface area contributed by atoms with E-state index >= 15 is 0 Å². The van der Waals surface area contributed by atoms with E-state index < -0.39 is 35.6 Å². The molecule has 0 spiro atoms. The Morgan fingerprint density at radius 3 is 2.29 bits per heavy atom. The van der Waals surface area contributed by atoms with Crippen molar-refractivity contribution in [3.63, 3.8) is 0 Å². The predicted molar refractivity (Wildman–Crippen MR) is 161 cm³/mol. The summed E-state index contributed by atoms with van der Waals surface area (Å²) in [7, 11) is 0. The van der Waals surface area contributed by atoms with Gasteiger partial charge in [-0.3, -0.25) is 9.59 Å². The number of nitrogens with zero attached hydrogens (tertiary/aromatic N) is 2. The summed E-state index contributed by atoms with van der Waals surface area (Å²) in [5, 5.41) is 17.5. The lowest BCUT2D eigenvalue weighted by Crippen LogP contribution is -2.53. The number of carbonyl (C=O) groups is 3. The quantitative estimate of drug-likeness (QED) is 0.295. The molecule has 0 bridgehead atoms. The standard InChI is InChI=1S/C33H40N4O4/c1-21(2)18-28(36-32(40)41-33(5,6)7)31(39)37(17-16-34)29(27-19-22(3)12-13-23(27)4)30(38)35-26-15-14-24-10-8-9-11-25(24)20-26/h8-15,19-21,28-29H,17-18H2,1-7H3,(H,35,38)(H,36,40). The number of hydrogen-bond donors (Lipinski definition) is 2. The first-order chi connectivity index (χ1) is 19.3. The molecule has 0 fully saturated rings. The van der Waals surface area contributed by atoms with Crippen LogP contribution in [0.15, 0.2) is 60.7 Å². The van der Waals surface area contributed by atoms with Crippen LogP contribution in [0, 0.1) is 31.1 Å². The third kappa shape index (κ3) is 8.55. The molecule has 0 aliphatic rings. The van der Waals surface area contributed by atoms with Gasteiger partial charge in [-0.15, -0.1) is 0 Å². The second kappa shape index (κ2) is 13.3. The molecule has 216 valence electrons. The van der Waals surface area contributed by atoms with Crippen molar-refractivity contribution in [3.8, 4) is 6.07 Å². The van der Waals surface area contributed by atoms with Crippen LogP contribution in [-0.4, -0.2) is 41.0 Å². The first-order valence-electron chi connectivity index (χ1n) is 13.8. The maximum atomic E-state index is 14.1. The van der Waals surface area contributed by atoms with Gasteiger partial charge >= 0.3 is 6.09 Å². The highest BCUT2D eigenvalue weighted by atomic mass is 16.6. The minimum Gasteiger partial charge on any atom is -0.444 e. The van der Waals surface area contributed by atoms with E-state index in [0.717, 1.165) is 21.9 Å². The summed E-state index contributed by atoms with van der Waals surface area (Å²) in [6.07, 6.45) is -0.441. The fraction of sp³-hybridized carbons (Fsp3) is 0.394. The van der Waals surface area contributed by atoms with Crippen LogP contribution in [0.1, 0.15) is 63.8 Å². The molecular weight excluding hydrogens is 516 g/mol. The number of ether oxygens (including phenoxy) is 1. The minimum atomic E-state index is -1.12. The third-order valence-corrected chi connectivity index (χ3v) is 6.53. The van der Waals surface area contributed by atoms with Gasteiger partial charge in [-0.2, -0.15) is 5.26 Å². The Bertz CT molecular complexity index is 1450. The van der Waals surface area contributed by atoms with E-state index in [2.05, 4.69) is 16.7 Å². The van der Waals surface area contributed by atoms with Crippen LogP contribution >= 0.6 is 0 Å². The number of alkyl carbamates (subject to hydrolysis) is 1. The Labute approximate surface area is 242 Å². The number of amides is 3. The zero-order chi connectivity index (χ0) is 30.3. The molecule has 0 saturated heterocycles. The van der Waals surface area contributed by atoms with Gasteiger partial charge in [-0.25, -0.2) is 4.79 Å². The summed E-state index contributed by atoms with van der Waals surface area (Å²) < 4.78 is 5.42. The lowest BCUT2D eigenvalue weighted by Gasteiger charge is -2.34. The van der Waals surface area contributed by atoms with Crippen LogP contribution in [0.4, 0.5) is 10.5 Å². The number of carbonyl (C=O) groups excluding carboxylic acids is 3. The van der Waals surface area contributed by atoms with E-state index in [-0.39, 0.29) is 12.5 Å². The maximum Gasteiger partial charge on any atom is 0.408 e. The van der Waals surface area contributed by atoms with Gasteiger partial charge in [0.15, 0.2) is 0 Å². The summed E-state index contributed by atoms with van der Waals surface area (Å²) in [6.45, 7) is 12.5. The molecule has 0 aromatic heterocycles. The Hall–Kier alpha value is -4.38. The minimum absolute atomic E-state index is 0.0356. The van der Waals surface area contributed by atoms with Crippen LogP contribution in [0.5, 0.6) is 0 Å². The molecule has 0 heterocycles. The van der Waals surface area contributed by atoms with Gasteiger partial charge in [0.1, 0.15) is 24.2 Å². The van der Waals surface area contributed by atoms with E-state index in [1.807, 2.05) is 88.4 Å². The summed E-state index contributed by atoms with van der Waals surface area (Å²) in [4.78, 5) is 42.2. The van der Waals surface area contributed by atoms with E-state index in [9.17, 15) is 19.6 Å². The van der Waals surface area contributed by atoms with Gasteiger partial charge in [-0.1, -0.05) is 67.9 Å². The maximum absolute atomic E-state index is 14.1. The second-order valence-corrected chi connectivity index (χ2v) is 11.8. The van der Waals surface area contributed by atoms with E-state index in [0.29, 0.717) is 17.7 Å². The molecule has 0 saturated carbocycles. The highest BCUT2D eigenvalue weighted by Gasteiger charge is 2.37. The molecule has 2 N–H and O–H groups in total. The monoisotopic (exact) mass is 556 g/mol. The molecule has 2 atom stereocenters. The number of benzene rings is 3. The lowest BCUT2D eigenvalue weighted by molar-refractivity contribution is -0.140. The average Bonchev–Trinajstić information content (AvgIpc) is 2.88. The van der Waals surface area contributed by atoms with E-state index in [1.165, 1.54) is 4.90 Å². The first-order valence-corrected chi connectivity index (χ1v) is 13.8. The van der Waals surface area contributed by atoms with Crippen molar-refractivity contribution in [1.82, 2.24) is 10.2 Å². The van der Waals surface area contributed by atoms with Crippen LogP contribution in [0.3, 0.4) is 0 Å². The van der Waals surface area contributed by atoms with Gasteiger partial charge in [0.2, 0.25) is 5.91 Å². The van der Waals surface area contributed by atoms with Crippen molar-refractivity contribution in [2.24, 2.45) is 5.92 Å². The first kappa shape index (κ1) is 31.2. The topological polar surface area (TPSA) is 112 Å². The van der Waals surface area contributed by atoms with Gasteiger partial charge in [-0.05, 0) is 81.0 Å². The van der Waals surface area contributed by atoms with E-state index in [1.54, 1.807) is 20.8 Å². The van der Waals surface area contributed by atoms with Crippen molar-refractivity contribution >= 4 is 34.4 Å². The zero-order valence-corrected chi connectivity index (χ0v) is 24.9. The molecule has 41 heavy (non-hydrogen) atoms. The van der Waals surface area contributed by atoms with E-state index in [4.69, 9.17) is 4.74 Å². The zero-order valence-electron chi connectivity index (χ0n) is 24.9.